The van der Waals surface area contributed by atoms with Crippen LogP contribution in [0, 0.1) is 0 Å². The van der Waals surface area contributed by atoms with E-state index < -0.39 is 11.9 Å². The van der Waals surface area contributed by atoms with Gasteiger partial charge in [-0.25, -0.2) is 0 Å². The fraction of sp³-hybridized carbons (Fsp3) is 0.786. The quantitative estimate of drug-likeness (QED) is 0.0958. The second kappa shape index (κ2) is 33.1. The van der Waals surface area contributed by atoms with Crippen LogP contribution >= 0.6 is 0 Å². The van der Waals surface area contributed by atoms with Gasteiger partial charge in [0.15, 0.2) is 0 Å². The van der Waals surface area contributed by atoms with E-state index in [2.05, 4.69) is 38.2 Å². The Morgan fingerprint density at radius 1 is 0.485 bits per heavy atom. The molecule has 0 aromatic rings. The minimum Gasteiger partial charge on any atom is -0.550 e. The van der Waals surface area contributed by atoms with E-state index in [0.29, 0.717) is 0 Å². The molecule has 0 saturated heterocycles. The SMILES string of the molecule is CCCC/C=C\CCCCCCCC(=O)[O-].CCCC/C=C\CCCCCCCC(=O)[O-].[Ni+2]. The van der Waals surface area contributed by atoms with Crippen LogP contribution < -0.4 is 10.2 Å². The minimum atomic E-state index is -0.918. The van der Waals surface area contributed by atoms with Crippen LogP contribution in [-0.4, -0.2) is 11.9 Å². The number of carbonyl (C=O) groups excluding carboxylic acids is 2. The fourth-order valence-corrected chi connectivity index (χ4v) is 3.24. The monoisotopic (exact) mass is 508 g/mol. The smallest absolute Gasteiger partial charge is 0.550 e. The summed E-state index contributed by atoms with van der Waals surface area (Å²) in [6, 6.07) is 0. The summed E-state index contributed by atoms with van der Waals surface area (Å²) >= 11 is 0. The van der Waals surface area contributed by atoms with Gasteiger partial charge in [-0.05, 0) is 64.2 Å². The number of rotatable bonds is 22. The molecule has 0 fully saturated rings. The summed E-state index contributed by atoms with van der Waals surface area (Å²) in [7, 11) is 0. The van der Waals surface area contributed by atoms with Gasteiger partial charge in [-0.3, -0.25) is 0 Å². The first-order chi connectivity index (χ1) is 15.5. The molecule has 0 saturated carbocycles. The summed E-state index contributed by atoms with van der Waals surface area (Å²) in [5.74, 6) is -1.84. The van der Waals surface area contributed by atoms with Crippen molar-refractivity contribution >= 4 is 11.9 Å². The molecule has 4 nitrogen and oxygen atoms in total. The Kier molecular flexibility index (Phi) is 36.6. The molecule has 0 aromatic carbocycles. The number of carboxylic acids is 2. The van der Waals surface area contributed by atoms with Crippen LogP contribution in [0.3, 0.4) is 0 Å². The molecule has 0 aliphatic carbocycles. The van der Waals surface area contributed by atoms with Crippen molar-refractivity contribution in [1.29, 1.82) is 0 Å². The van der Waals surface area contributed by atoms with Gasteiger partial charge in [0.05, 0.1) is 0 Å². The number of hydrogen-bond acceptors (Lipinski definition) is 4. The molecule has 0 spiro atoms. The zero-order valence-electron chi connectivity index (χ0n) is 21.4. The second-order valence-electron chi connectivity index (χ2n) is 8.58. The van der Waals surface area contributed by atoms with Gasteiger partial charge in [0.25, 0.3) is 0 Å². The van der Waals surface area contributed by atoms with Crippen molar-refractivity contribution in [2.75, 3.05) is 0 Å². The van der Waals surface area contributed by atoms with Crippen molar-refractivity contribution in [3.63, 3.8) is 0 Å². The van der Waals surface area contributed by atoms with Crippen LogP contribution in [0.1, 0.15) is 142 Å². The van der Waals surface area contributed by atoms with Gasteiger partial charge >= 0.3 is 16.5 Å². The van der Waals surface area contributed by atoms with Gasteiger partial charge in [0.2, 0.25) is 0 Å². The maximum absolute atomic E-state index is 10.1. The predicted octanol–water partition coefficient (Wildman–Crippen LogP) is 6.42. The summed E-state index contributed by atoms with van der Waals surface area (Å²) in [4.78, 5) is 20.3. The first-order valence-corrected chi connectivity index (χ1v) is 13.2. The van der Waals surface area contributed by atoms with Crippen molar-refractivity contribution in [3.8, 4) is 0 Å². The fourth-order valence-electron chi connectivity index (χ4n) is 3.24. The molecule has 0 bridgehead atoms. The first-order valence-electron chi connectivity index (χ1n) is 13.2. The molecule has 33 heavy (non-hydrogen) atoms. The molecule has 0 aliphatic heterocycles. The molecule has 0 radical (unpaired) electrons. The second-order valence-corrected chi connectivity index (χ2v) is 8.58. The van der Waals surface area contributed by atoms with Gasteiger partial charge in [0.1, 0.15) is 0 Å². The topological polar surface area (TPSA) is 80.3 Å². The number of aliphatic carboxylic acids is 2. The molecule has 196 valence electrons. The van der Waals surface area contributed by atoms with E-state index in [1.54, 1.807) is 0 Å². The van der Waals surface area contributed by atoms with Crippen molar-refractivity contribution in [2.45, 2.75) is 142 Å². The van der Waals surface area contributed by atoms with Gasteiger partial charge in [-0.2, -0.15) is 0 Å². The van der Waals surface area contributed by atoms with Crippen molar-refractivity contribution in [2.24, 2.45) is 0 Å². The Labute approximate surface area is 214 Å². The third-order valence-corrected chi connectivity index (χ3v) is 5.29. The van der Waals surface area contributed by atoms with Crippen molar-refractivity contribution < 1.29 is 36.3 Å². The minimum absolute atomic E-state index is 0. The Morgan fingerprint density at radius 3 is 1.06 bits per heavy atom. The van der Waals surface area contributed by atoms with Gasteiger partial charge in [-0.1, -0.05) is 102 Å². The number of carbonyl (C=O) groups is 2. The van der Waals surface area contributed by atoms with E-state index in [-0.39, 0.29) is 29.3 Å². The van der Waals surface area contributed by atoms with E-state index in [1.165, 1.54) is 77.0 Å². The Hall–Kier alpha value is -1.09. The van der Waals surface area contributed by atoms with E-state index >= 15 is 0 Å². The molecule has 0 heterocycles. The van der Waals surface area contributed by atoms with Crippen molar-refractivity contribution in [1.82, 2.24) is 0 Å². The molecule has 5 heteroatoms. The average molecular weight is 509 g/mol. The van der Waals surface area contributed by atoms with E-state index in [4.69, 9.17) is 0 Å². The zero-order valence-corrected chi connectivity index (χ0v) is 22.4. The van der Waals surface area contributed by atoms with Gasteiger partial charge in [-0.15, -0.1) is 0 Å². The summed E-state index contributed by atoms with van der Waals surface area (Å²) < 4.78 is 0. The third-order valence-electron chi connectivity index (χ3n) is 5.29. The molecular formula is C28H50NiO4. The Bertz CT molecular complexity index is 419. The zero-order chi connectivity index (χ0) is 24.1. The molecule has 0 amide bonds. The molecule has 0 unspecified atom stereocenters. The average Bonchev–Trinajstić information content (AvgIpc) is 2.76. The van der Waals surface area contributed by atoms with Crippen LogP contribution in [0.2, 0.25) is 0 Å². The predicted molar refractivity (Wildman–Crippen MR) is 132 cm³/mol. The van der Waals surface area contributed by atoms with Gasteiger partial charge < -0.3 is 19.8 Å². The van der Waals surface area contributed by atoms with E-state index in [1.807, 2.05) is 0 Å². The normalized spacial score (nSPS) is 10.7. The molecule has 0 rings (SSSR count). The summed E-state index contributed by atoms with van der Waals surface area (Å²) in [6.45, 7) is 4.42. The van der Waals surface area contributed by atoms with Crippen LogP contribution in [0.4, 0.5) is 0 Å². The summed E-state index contributed by atoms with van der Waals surface area (Å²) in [5, 5.41) is 20.3. The molecule has 0 atom stereocenters. The molecule has 0 aliphatic rings. The standard InChI is InChI=1S/2C14H26O2.Ni/c2*1-2-3-4-5-6-7-8-9-10-11-12-13-14(15)16;/h2*5-6H,2-4,7-13H2,1H3,(H,15,16);/q;;+2/p-2/b2*6-5-;. The number of allylic oxidation sites excluding steroid dienone is 4. The summed E-state index contributed by atoms with van der Waals surface area (Å²) in [5.41, 5.74) is 0. The molecule has 0 aromatic heterocycles. The van der Waals surface area contributed by atoms with Crippen LogP contribution in [0.15, 0.2) is 24.3 Å². The maximum atomic E-state index is 10.1. The number of unbranched alkanes of at least 4 members (excludes halogenated alkanes) is 14. The Balaban J connectivity index is -0.000000529. The Morgan fingerprint density at radius 2 is 0.758 bits per heavy atom. The van der Waals surface area contributed by atoms with Crippen molar-refractivity contribution in [3.05, 3.63) is 24.3 Å². The maximum Gasteiger partial charge on any atom is 2.00 e. The van der Waals surface area contributed by atoms with Crippen LogP contribution in [0.5, 0.6) is 0 Å². The molecular weight excluding hydrogens is 459 g/mol. The van der Waals surface area contributed by atoms with E-state index in [9.17, 15) is 19.8 Å². The van der Waals surface area contributed by atoms with Gasteiger partial charge in [0, 0.05) is 11.9 Å². The third kappa shape index (κ3) is 41.6. The van der Waals surface area contributed by atoms with Crippen LogP contribution in [0.25, 0.3) is 0 Å². The first kappa shape index (κ1) is 36.5. The van der Waals surface area contributed by atoms with Crippen LogP contribution in [-0.2, 0) is 26.1 Å². The largest absolute Gasteiger partial charge is 2.00 e. The van der Waals surface area contributed by atoms with E-state index in [0.717, 1.165) is 38.5 Å². The number of hydrogen-bond donors (Lipinski definition) is 0. The molecule has 0 N–H and O–H groups in total. The summed E-state index contributed by atoms with van der Waals surface area (Å²) in [6.07, 6.45) is 30.2. The number of carboxylic acid groups (broad SMARTS) is 2.